The maximum absolute atomic E-state index is 13.3. The van der Waals surface area contributed by atoms with E-state index in [9.17, 15) is 14.0 Å². The third kappa shape index (κ3) is 5.35. The van der Waals surface area contributed by atoms with E-state index in [4.69, 9.17) is 17.0 Å². The molecule has 0 aromatic heterocycles. The molecule has 1 fully saturated rings. The number of ether oxygens (including phenoxy) is 1. The Labute approximate surface area is 206 Å². The Hall–Kier alpha value is -3.49. The molecule has 1 heterocycles. The van der Waals surface area contributed by atoms with Gasteiger partial charge in [-0.15, -0.1) is 0 Å². The minimum absolute atomic E-state index is 0.181. The van der Waals surface area contributed by atoms with Gasteiger partial charge in [0.25, 0.3) is 11.8 Å². The average molecular weight is 493 g/mol. The molecule has 0 unspecified atom stereocenters. The van der Waals surface area contributed by atoms with Gasteiger partial charge < -0.3 is 10.1 Å². The summed E-state index contributed by atoms with van der Waals surface area (Å²) in [6.45, 7) is 1.84. The number of rotatable bonds is 7. The molecule has 5 nitrogen and oxygen atoms in total. The van der Waals surface area contributed by atoms with E-state index >= 15 is 0 Å². The lowest BCUT2D eigenvalue weighted by atomic mass is 10.1. The highest BCUT2D eigenvalue weighted by molar-refractivity contribution is 8.27. The lowest BCUT2D eigenvalue weighted by molar-refractivity contribution is -0.118. The predicted molar refractivity (Wildman–Crippen MR) is 138 cm³/mol. The molecular formula is C26H21FN2O3S2. The topological polar surface area (TPSA) is 58.6 Å². The van der Waals surface area contributed by atoms with Crippen molar-refractivity contribution < 1.29 is 18.7 Å². The van der Waals surface area contributed by atoms with Crippen molar-refractivity contribution in [3.8, 4) is 5.75 Å². The van der Waals surface area contributed by atoms with Crippen molar-refractivity contribution in [2.45, 2.75) is 13.3 Å². The van der Waals surface area contributed by atoms with Crippen molar-refractivity contribution >= 4 is 57.6 Å². The summed E-state index contributed by atoms with van der Waals surface area (Å²) in [6, 6.07) is 20.3. The van der Waals surface area contributed by atoms with Crippen LogP contribution in [0.3, 0.4) is 0 Å². The zero-order valence-electron chi connectivity index (χ0n) is 18.3. The molecule has 8 heteroatoms. The first kappa shape index (κ1) is 23.7. The van der Waals surface area contributed by atoms with Crippen molar-refractivity contribution in [2.24, 2.45) is 0 Å². The third-order valence-corrected chi connectivity index (χ3v) is 6.42. The Bertz CT molecular complexity index is 1280. The van der Waals surface area contributed by atoms with Gasteiger partial charge >= 0.3 is 0 Å². The van der Waals surface area contributed by atoms with E-state index < -0.39 is 5.82 Å². The van der Waals surface area contributed by atoms with Crippen LogP contribution in [0.25, 0.3) is 6.08 Å². The summed E-state index contributed by atoms with van der Waals surface area (Å²) >= 11 is 6.53. The molecule has 1 saturated heterocycles. The first-order chi connectivity index (χ1) is 16.5. The number of thioether (sulfide) groups is 1. The standard InChI is InChI=1S/C26H21FN2O3S2/c1-2-17-7-3-5-9-21(17)28-24(30)16-32-22-10-6-4-8-18(22)15-23-25(31)29(26(33)34-23)20-13-11-19(27)12-14-20/h3-15H,2,16H2,1H3,(H,28,30)/b23-15-. The predicted octanol–water partition coefficient (Wildman–Crippen LogP) is 5.81. The van der Waals surface area contributed by atoms with Crippen LogP contribution in [-0.4, -0.2) is 22.7 Å². The minimum atomic E-state index is -0.391. The maximum Gasteiger partial charge on any atom is 0.270 e. The number of nitrogens with zero attached hydrogens (tertiary/aromatic N) is 1. The molecule has 0 radical (unpaired) electrons. The lowest BCUT2D eigenvalue weighted by Crippen LogP contribution is -2.27. The lowest BCUT2D eigenvalue weighted by Gasteiger charge is -2.14. The van der Waals surface area contributed by atoms with E-state index in [0.29, 0.717) is 26.2 Å². The highest BCUT2D eigenvalue weighted by atomic mass is 32.2. The number of carbonyl (C=O) groups excluding carboxylic acids is 2. The molecule has 1 aliphatic rings. The van der Waals surface area contributed by atoms with Gasteiger partial charge in [-0.1, -0.05) is 67.3 Å². The van der Waals surface area contributed by atoms with E-state index in [1.165, 1.54) is 29.2 Å². The van der Waals surface area contributed by atoms with Crippen LogP contribution in [-0.2, 0) is 16.0 Å². The van der Waals surface area contributed by atoms with Gasteiger partial charge in [0.2, 0.25) is 0 Å². The highest BCUT2D eigenvalue weighted by Gasteiger charge is 2.33. The van der Waals surface area contributed by atoms with Crippen LogP contribution in [0, 0.1) is 5.82 Å². The number of benzene rings is 3. The molecule has 0 bridgehead atoms. The van der Waals surface area contributed by atoms with E-state index in [1.807, 2.05) is 37.3 Å². The molecule has 0 aliphatic carbocycles. The van der Waals surface area contributed by atoms with Crippen LogP contribution in [0.2, 0.25) is 0 Å². The number of carbonyl (C=O) groups is 2. The number of hydrogen-bond donors (Lipinski definition) is 1. The van der Waals surface area contributed by atoms with Crippen molar-refractivity contribution in [1.29, 1.82) is 0 Å². The van der Waals surface area contributed by atoms with Crippen molar-refractivity contribution in [1.82, 2.24) is 0 Å². The molecule has 172 valence electrons. The molecule has 1 aliphatic heterocycles. The van der Waals surface area contributed by atoms with Crippen LogP contribution in [0.15, 0.2) is 77.7 Å². The number of halogens is 1. The number of anilines is 2. The average Bonchev–Trinajstić information content (AvgIpc) is 3.12. The third-order valence-electron chi connectivity index (χ3n) is 5.12. The molecular weight excluding hydrogens is 471 g/mol. The fourth-order valence-corrected chi connectivity index (χ4v) is 4.72. The maximum atomic E-state index is 13.3. The normalized spacial score (nSPS) is 14.5. The Kier molecular flexibility index (Phi) is 7.40. The second kappa shape index (κ2) is 10.6. The molecule has 1 N–H and O–H groups in total. The summed E-state index contributed by atoms with van der Waals surface area (Å²) in [5.41, 5.74) is 2.94. The van der Waals surface area contributed by atoms with Gasteiger partial charge in [0, 0.05) is 11.3 Å². The molecule has 0 saturated carbocycles. The molecule has 0 atom stereocenters. The van der Waals surface area contributed by atoms with Crippen molar-refractivity contribution in [3.05, 3.63) is 94.6 Å². The van der Waals surface area contributed by atoms with Crippen LogP contribution >= 0.6 is 24.0 Å². The highest BCUT2D eigenvalue weighted by Crippen LogP contribution is 2.37. The largest absolute Gasteiger partial charge is 0.483 e. The smallest absolute Gasteiger partial charge is 0.270 e. The molecule has 4 rings (SSSR count). The molecule has 0 spiro atoms. The number of amides is 2. The first-order valence-electron chi connectivity index (χ1n) is 10.6. The van der Waals surface area contributed by atoms with Crippen LogP contribution in [0.5, 0.6) is 5.75 Å². The number of aryl methyl sites for hydroxylation is 1. The Morgan fingerprint density at radius 3 is 2.56 bits per heavy atom. The summed E-state index contributed by atoms with van der Waals surface area (Å²) in [5, 5.41) is 2.88. The van der Waals surface area contributed by atoms with Crippen LogP contribution < -0.4 is 15.0 Å². The zero-order chi connectivity index (χ0) is 24.1. The zero-order valence-corrected chi connectivity index (χ0v) is 19.9. The van der Waals surface area contributed by atoms with Gasteiger partial charge in [0.05, 0.1) is 10.6 Å². The monoisotopic (exact) mass is 492 g/mol. The Morgan fingerprint density at radius 2 is 1.79 bits per heavy atom. The quantitative estimate of drug-likeness (QED) is 0.333. The summed E-state index contributed by atoms with van der Waals surface area (Å²) in [7, 11) is 0. The fourth-order valence-electron chi connectivity index (χ4n) is 3.43. The summed E-state index contributed by atoms with van der Waals surface area (Å²) < 4.78 is 19.4. The molecule has 3 aromatic rings. The van der Waals surface area contributed by atoms with Gasteiger partial charge in [-0.3, -0.25) is 14.5 Å². The minimum Gasteiger partial charge on any atom is -0.483 e. The SMILES string of the molecule is CCc1ccccc1NC(=O)COc1ccccc1/C=C1\SC(=S)N(c2ccc(F)cc2)C1=O. The number of hydrogen-bond acceptors (Lipinski definition) is 5. The van der Waals surface area contributed by atoms with E-state index in [2.05, 4.69) is 5.32 Å². The molecule has 3 aromatic carbocycles. The van der Waals surface area contributed by atoms with Gasteiger partial charge in [0.1, 0.15) is 11.6 Å². The molecule has 2 amide bonds. The Balaban J connectivity index is 1.48. The summed E-state index contributed by atoms with van der Waals surface area (Å²) in [4.78, 5) is 27.2. The van der Waals surface area contributed by atoms with Crippen LogP contribution in [0.4, 0.5) is 15.8 Å². The van der Waals surface area contributed by atoms with Crippen LogP contribution in [0.1, 0.15) is 18.1 Å². The molecule has 34 heavy (non-hydrogen) atoms. The fraction of sp³-hybridized carbons (Fsp3) is 0.115. The van der Waals surface area contributed by atoms with Gasteiger partial charge in [-0.25, -0.2) is 4.39 Å². The van der Waals surface area contributed by atoms with E-state index in [-0.39, 0.29) is 18.4 Å². The van der Waals surface area contributed by atoms with E-state index in [0.717, 1.165) is 29.4 Å². The summed E-state index contributed by atoms with van der Waals surface area (Å²) in [6.07, 6.45) is 2.48. The summed E-state index contributed by atoms with van der Waals surface area (Å²) in [5.74, 6) is -0.504. The van der Waals surface area contributed by atoms with E-state index in [1.54, 1.807) is 24.3 Å². The van der Waals surface area contributed by atoms with Crippen molar-refractivity contribution in [2.75, 3.05) is 16.8 Å². The van der Waals surface area contributed by atoms with Gasteiger partial charge in [-0.05, 0) is 54.5 Å². The number of para-hydroxylation sites is 2. The number of thiocarbonyl (C=S) groups is 1. The van der Waals surface area contributed by atoms with Gasteiger partial charge in [-0.2, -0.15) is 0 Å². The Morgan fingerprint density at radius 1 is 1.09 bits per heavy atom. The first-order valence-corrected chi connectivity index (χ1v) is 11.8. The second-order valence-electron chi connectivity index (χ2n) is 7.38. The second-order valence-corrected chi connectivity index (χ2v) is 9.05. The number of nitrogens with one attached hydrogen (secondary N) is 1. The van der Waals surface area contributed by atoms with Crippen molar-refractivity contribution in [3.63, 3.8) is 0 Å². The van der Waals surface area contributed by atoms with Gasteiger partial charge in [0.15, 0.2) is 10.9 Å².